The third-order valence-corrected chi connectivity index (χ3v) is 4.08. The Hall–Kier alpha value is -1.77. The second kappa shape index (κ2) is 8.02. The number of morpholine rings is 1. The third kappa shape index (κ3) is 4.62. The molecule has 1 aromatic rings. The zero-order chi connectivity index (χ0) is 15.9. The maximum absolute atomic E-state index is 12.0. The lowest BCUT2D eigenvalue weighted by Crippen LogP contribution is -2.41. The van der Waals surface area contributed by atoms with Gasteiger partial charge in [0.1, 0.15) is 11.5 Å². The first-order valence-electron chi connectivity index (χ1n) is 6.95. The van der Waals surface area contributed by atoms with Crippen molar-refractivity contribution in [2.75, 3.05) is 44.8 Å². The highest BCUT2D eigenvalue weighted by atomic mass is 32.1. The number of hydrogen-bond acceptors (Lipinski definition) is 7. The van der Waals surface area contributed by atoms with Gasteiger partial charge in [0, 0.05) is 13.1 Å². The molecule has 1 aromatic heterocycles. The summed E-state index contributed by atoms with van der Waals surface area (Å²) in [5, 5.41) is 3.12. The fourth-order valence-electron chi connectivity index (χ4n) is 1.96. The summed E-state index contributed by atoms with van der Waals surface area (Å²) in [6, 6.07) is 0. The minimum Gasteiger partial charge on any atom is -0.457 e. The van der Waals surface area contributed by atoms with Gasteiger partial charge in [0.05, 0.1) is 25.5 Å². The van der Waals surface area contributed by atoms with E-state index in [0.29, 0.717) is 28.9 Å². The number of aryl methyl sites for hydroxylation is 1. The van der Waals surface area contributed by atoms with Gasteiger partial charge in [-0.1, -0.05) is 24.0 Å². The van der Waals surface area contributed by atoms with E-state index in [4.69, 9.17) is 9.47 Å². The fraction of sp³-hybridized carbons (Fsp3) is 0.500. The molecule has 2 rings (SSSR count). The topological polar surface area (TPSA) is 80.8 Å². The molecule has 22 heavy (non-hydrogen) atoms. The maximum Gasteiger partial charge on any atom is 0.350 e. The molecule has 1 N–H and O–H groups in total. The van der Waals surface area contributed by atoms with E-state index in [1.165, 1.54) is 6.08 Å². The van der Waals surface area contributed by atoms with Crippen LogP contribution in [0.5, 0.6) is 0 Å². The van der Waals surface area contributed by atoms with Crippen LogP contribution in [0.2, 0.25) is 0 Å². The zero-order valence-electron chi connectivity index (χ0n) is 12.5. The monoisotopic (exact) mass is 325 g/mol. The van der Waals surface area contributed by atoms with Gasteiger partial charge < -0.3 is 14.8 Å². The van der Waals surface area contributed by atoms with E-state index in [0.717, 1.165) is 24.4 Å². The molecule has 0 unspecified atom stereocenters. The smallest absolute Gasteiger partial charge is 0.350 e. The van der Waals surface area contributed by atoms with Crippen LogP contribution < -0.4 is 5.32 Å². The number of carbonyl (C=O) groups excluding carboxylic acids is 2. The van der Waals surface area contributed by atoms with Crippen LogP contribution in [0.15, 0.2) is 12.7 Å². The molecule has 1 saturated heterocycles. The summed E-state index contributed by atoms with van der Waals surface area (Å²) < 4.78 is 10.2. The van der Waals surface area contributed by atoms with E-state index >= 15 is 0 Å². The van der Waals surface area contributed by atoms with E-state index in [2.05, 4.69) is 16.9 Å². The number of esters is 1. The quantitative estimate of drug-likeness (QED) is 0.622. The first kappa shape index (κ1) is 16.6. The van der Waals surface area contributed by atoms with Crippen molar-refractivity contribution in [3.63, 3.8) is 0 Å². The number of anilines is 1. The lowest BCUT2D eigenvalue weighted by Gasteiger charge is -2.25. The molecule has 1 amide bonds. The molecule has 0 radical (unpaired) electrons. The largest absolute Gasteiger partial charge is 0.457 e. The van der Waals surface area contributed by atoms with Crippen molar-refractivity contribution < 1.29 is 19.1 Å². The number of carbonyl (C=O) groups is 2. The number of rotatable bonds is 6. The molecule has 0 bridgehead atoms. The van der Waals surface area contributed by atoms with Crippen molar-refractivity contribution in [1.82, 2.24) is 9.88 Å². The Labute approximate surface area is 132 Å². The summed E-state index contributed by atoms with van der Waals surface area (Å²) in [7, 11) is 0. The molecular formula is C14H19N3O4S. The van der Waals surface area contributed by atoms with Crippen LogP contribution in [0, 0.1) is 6.92 Å². The fourth-order valence-corrected chi connectivity index (χ4v) is 2.84. The van der Waals surface area contributed by atoms with Crippen LogP contribution in [0.4, 0.5) is 5.13 Å². The average molecular weight is 325 g/mol. The molecule has 1 aliphatic rings. The molecule has 8 heteroatoms. The van der Waals surface area contributed by atoms with Crippen molar-refractivity contribution in [2.45, 2.75) is 6.92 Å². The van der Waals surface area contributed by atoms with E-state index in [9.17, 15) is 9.59 Å². The van der Waals surface area contributed by atoms with Crippen molar-refractivity contribution in [2.24, 2.45) is 0 Å². The van der Waals surface area contributed by atoms with Crippen LogP contribution >= 0.6 is 11.3 Å². The summed E-state index contributed by atoms with van der Waals surface area (Å²) in [5.41, 5.74) is 0.542. The van der Waals surface area contributed by atoms with Crippen LogP contribution in [0.25, 0.3) is 0 Å². The first-order valence-corrected chi connectivity index (χ1v) is 7.77. The molecule has 7 nitrogen and oxygen atoms in total. The van der Waals surface area contributed by atoms with Crippen molar-refractivity contribution in [3.05, 3.63) is 23.2 Å². The van der Waals surface area contributed by atoms with Gasteiger partial charge in [0.25, 0.3) is 0 Å². The third-order valence-electron chi connectivity index (χ3n) is 3.03. The summed E-state index contributed by atoms with van der Waals surface area (Å²) in [4.78, 5) is 30.4. The number of ether oxygens (including phenoxy) is 2. The minimum atomic E-state index is -0.455. The van der Waals surface area contributed by atoms with Gasteiger partial charge in [0.15, 0.2) is 5.13 Å². The lowest BCUT2D eigenvalue weighted by molar-refractivity contribution is -0.118. The molecule has 120 valence electrons. The van der Waals surface area contributed by atoms with E-state index in [1.54, 1.807) is 6.92 Å². The number of hydrogen-bond donors (Lipinski definition) is 1. The van der Waals surface area contributed by atoms with Crippen molar-refractivity contribution in [3.8, 4) is 0 Å². The standard InChI is InChI=1S/C14H19N3O4S/c1-3-6-21-13(19)12-10(2)15-14(22-12)16-11(18)9-17-4-7-20-8-5-17/h3H,1,4-9H2,2H3,(H,15,16,18). The summed E-state index contributed by atoms with van der Waals surface area (Å²) >= 11 is 1.11. The number of nitrogens with one attached hydrogen (secondary N) is 1. The lowest BCUT2D eigenvalue weighted by atomic mass is 10.4. The Morgan fingerprint density at radius 2 is 2.23 bits per heavy atom. The van der Waals surface area contributed by atoms with Crippen LogP contribution in [0.1, 0.15) is 15.4 Å². The Kier molecular flexibility index (Phi) is 6.05. The van der Waals surface area contributed by atoms with E-state index in [-0.39, 0.29) is 19.1 Å². The van der Waals surface area contributed by atoms with Crippen LogP contribution in [0.3, 0.4) is 0 Å². The average Bonchev–Trinajstić information content (AvgIpc) is 2.86. The van der Waals surface area contributed by atoms with E-state index < -0.39 is 5.97 Å². The van der Waals surface area contributed by atoms with Crippen LogP contribution in [-0.4, -0.2) is 61.2 Å². The molecule has 1 aliphatic heterocycles. The van der Waals surface area contributed by atoms with Crippen molar-refractivity contribution in [1.29, 1.82) is 0 Å². The highest BCUT2D eigenvalue weighted by molar-refractivity contribution is 7.17. The summed E-state index contributed by atoms with van der Waals surface area (Å²) in [6.45, 7) is 8.40. The molecule has 0 saturated carbocycles. The van der Waals surface area contributed by atoms with Gasteiger partial charge >= 0.3 is 5.97 Å². The molecular weight excluding hydrogens is 306 g/mol. The normalized spacial score (nSPS) is 15.3. The molecule has 1 fully saturated rings. The molecule has 0 spiro atoms. The number of thiazole rings is 1. The van der Waals surface area contributed by atoms with Gasteiger partial charge in [-0.15, -0.1) is 0 Å². The van der Waals surface area contributed by atoms with E-state index in [1.807, 2.05) is 4.90 Å². The maximum atomic E-state index is 12.0. The van der Waals surface area contributed by atoms with Crippen LogP contribution in [-0.2, 0) is 14.3 Å². The summed E-state index contributed by atoms with van der Waals surface area (Å²) in [6.07, 6.45) is 1.50. The predicted molar refractivity (Wildman–Crippen MR) is 83.2 cm³/mol. The highest BCUT2D eigenvalue weighted by Crippen LogP contribution is 2.23. The highest BCUT2D eigenvalue weighted by Gasteiger charge is 2.19. The van der Waals surface area contributed by atoms with Gasteiger partial charge in [-0.25, -0.2) is 9.78 Å². The van der Waals surface area contributed by atoms with Gasteiger partial charge in [0.2, 0.25) is 5.91 Å². The van der Waals surface area contributed by atoms with Gasteiger partial charge in [-0.05, 0) is 6.92 Å². The predicted octanol–water partition coefficient (Wildman–Crippen LogP) is 1.07. The van der Waals surface area contributed by atoms with Gasteiger partial charge in [-0.2, -0.15) is 0 Å². The number of nitrogens with zero attached hydrogens (tertiary/aromatic N) is 2. The Balaban J connectivity index is 1.90. The van der Waals surface area contributed by atoms with Crippen molar-refractivity contribution >= 4 is 28.3 Å². The first-order chi connectivity index (χ1) is 10.6. The Bertz CT molecular complexity index is 552. The SMILES string of the molecule is C=CCOC(=O)c1sc(NC(=O)CN2CCOCC2)nc1C. The van der Waals surface area contributed by atoms with Gasteiger partial charge in [-0.3, -0.25) is 9.69 Å². The minimum absolute atomic E-state index is 0.148. The Morgan fingerprint density at radius 3 is 2.91 bits per heavy atom. The number of aromatic nitrogens is 1. The summed E-state index contributed by atoms with van der Waals surface area (Å²) in [5.74, 6) is -0.606. The molecule has 0 aliphatic carbocycles. The molecule has 0 aromatic carbocycles. The second-order valence-electron chi connectivity index (χ2n) is 4.76. The molecule has 0 atom stereocenters. The number of amides is 1. The molecule has 2 heterocycles. The second-order valence-corrected chi connectivity index (χ2v) is 5.76. The Morgan fingerprint density at radius 1 is 1.50 bits per heavy atom. The zero-order valence-corrected chi connectivity index (χ0v) is 13.3.